The standard InChI is InChI=1S/C17H23F5N2O5S2/c1-5-23(6-2)30(26,27)12-10-9-11-13(31(28,29)24(7-3)8-4)14(12)15(25)16(18,19)17(20,21)22/h9-11H,5-8H2,1-4H3. The molecule has 0 aliphatic carbocycles. The largest absolute Gasteiger partial charge is 0.461 e. The molecule has 14 heteroatoms. The highest BCUT2D eigenvalue weighted by atomic mass is 32.2. The Morgan fingerprint density at radius 2 is 1.10 bits per heavy atom. The van der Waals surface area contributed by atoms with Crippen LogP contribution in [0, 0.1) is 0 Å². The smallest absolute Gasteiger partial charge is 0.287 e. The van der Waals surface area contributed by atoms with E-state index in [1.165, 1.54) is 27.7 Å². The van der Waals surface area contributed by atoms with Crippen LogP contribution >= 0.6 is 0 Å². The zero-order chi connectivity index (χ0) is 24.4. The fourth-order valence-electron chi connectivity index (χ4n) is 2.86. The molecule has 1 rings (SSSR count). The number of alkyl halides is 5. The quantitative estimate of drug-likeness (QED) is 0.368. The van der Waals surface area contributed by atoms with E-state index in [2.05, 4.69) is 0 Å². The summed E-state index contributed by atoms with van der Waals surface area (Å²) in [5.41, 5.74) is -1.72. The van der Waals surface area contributed by atoms with Gasteiger partial charge in [0.2, 0.25) is 25.8 Å². The monoisotopic (exact) mass is 494 g/mol. The molecule has 178 valence electrons. The van der Waals surface area contributed by atoms with E-state index in [4.69, 9.17) is 0 Å². The average molecular weight is 495 g/mol. The molecule has 0 saturated carbocycles. The van der Waals surface area contributed by atoms with Crippen LogP contribution in [0.4, 0.5) is 22.0 Å². The van der Waals surface area contributed by atoms with Gasteiger partial charge < -0.3 is 0 Å². The van der Waals surface area contributed by atoms with E-state index in [1.54, 1.807) is 0 Å². The fraction of sp³-hybridized carbons (Fsp3) is 0.588. The van der Waals surface area contributed by atoms with Crippen LogP contribution in [0.15, 0.2) is 28.0 Å². The molecule has 0 fully saturated rings. The van der Waals surface area contributed by atoms with Crippen molar-refractivity contribution in [2.45, 2.75) is 49.6 Å². The number of ketones is 1. The first-order valence-electron chi connectivity index (χ1n) is 9.18. The number of carbonyl (C=O) groups is 1. The summed E-state index contributed by atoms with van der Waals surface area (Å²) in [7, 11) is -9.55. The highest BCUT2D eigenvalue weighted by Gasteiger charge is 2.64. The molecule has 1 aromatic rings. The van der Waals surface area contributed by atoms with Crippen LogP contribution < -0.4 is 0 Å². The maximum atomic E-state index is 14.0. The van der Waals surface area contributed by atoms with E-state index in [1.807, 2.05) is 0 Å². The van der Waals surface area contributed by atoms with Crippen molar-refractivity contribution >= 4 is 25.8 Å². The first-order valence-corrected chi connectivity index (χ1v) is 12.1. The van der Waals surface area contributed by atoms with Crippen molar-refractivity contribution in [2.24, 2.45) is 0 Å². The molecule has 0 heterocycles. The predicted molar refractivity (Wildman–Crippen MR) is 102 cm³/mol. The lowest BCUT2D eigenvalue weighted by Crippen LogP contribution is -2.46. The van der Waals surface area contributed by atoms with E-state index in [-0.39, 0.29) is 26.2 Å². The van der Waals surface area contributed by atoms with Gasteiger partial charge in [0, 0.05) is 26.2 Å². The molecule has 0 N–H and O–H groups in total. The Bertz CT molecular complexity index is 956. The highest BCUT2D eigenvalue weighted by molar-refractivity contribution is 7.90. The zero-order valence-electron chi connectivity index (χ0n) is 17.2. The molecular formula is C17H23F5N2O5S2. The molecule has 0 aliphatic heterocycles. The summed E-state index contributed by atoms with van der Waals surface area (Å²) in [6, 6.07) is 2.14. The van der Waals surface area contributed by atoms with Crippen molar-refractivity contribution < 1.29 is 43.6 Å². The van der Waals surface area contributed by atoms with Gasteiger partial charge in [-0.25, -0.2) is 16.8 Å². The van der Waals surface area contributed by atoms with Crippen LogP contribution in [0.2, 0.25) is 0 Å². The van der Waals surface area contributed by atoms with Crippen LogP contribution in [0.25, 0.3) is 0 Å². The number of sulfonamides is 2. The summed E-state index contributed by atoms with van der Waals surface area (Å²) in [4.78, 5) is 9.94. The molecule has 0 spiro atoms. The Hall–Kier alpha value is -1.64. The SMILES string of the molecule is CCN(CC)S(=O)(=O)c1cccc(S(=O)(=O)N(CC)CC)c1C(=O)C(F)(F)C(F)(F)F. The van der Waals surface area contributed by atoms with Gasteiger partial charge in [-0.2, -0.15) is 30.6 Å². The van der Waals surface area contributed by atoms with E-state index in [0.29, 0.717) is 20.7 Å². The Labute approximate surface area is 177 Å². The minimum absolute atomic E-state index is 0.199. The maximum absolute atomic E-state index is 14.0. The van der Waals surface area contributed by atoms with Crippen molar-refractivity contribution in [2.75, 3.05) is 26.2 Å². The topological polar surface area (TPSA) is 91.8 Å². The minimum Gasteiger partial charge on any atom is -0.287 e. The van der Waals surface area contributed by atoms with Gasteiger partial charge in [-0.05, 0) is 12.1 Å². The molecule has 0 aliphatic rings. The van der Waals surface area contributed by atoms with Crippen LogP contribution in [0.5, 0.6) is 0 Å². The number of hydrogen-bond acceptors (Lipinski definition) is 5. The molecule has 0 saturated heterocycles. The second-order valence-electron chi connectivity index (χ2n) is 6.21. The van der Waals surface area contributed by atoms with Crippen molar-refractivity contribution in [3.05, 3.63) is 23.8 Å². The van der Waals surface area contributed by atoms with Gasteiger partial charge in [0.05, 0.1) is 15.4 Å². The predicted octanol–water partition coefficient (Wildman–Crippen LogP) is 3.13. The molecule has 0 unspecified atom stereocenters. The Morgan fingerprint density at radius 1 is 0.774 bits per heavy atom. The lowest BCUT2D eigenvalue weighted by molar-refractivity contribution is -0.255. The van der Waals surface area contributed by atoms with E-state index in [9.17, 15) is 43.6 Å². The van der Waals surface area contributed by atoms with Gasteiger partial charge in [-0.3, -0.25) is 4.79 Å². The second-order valence-corrected chi connectivity index (χ2v) is 10.0. The number of rotatable bonds is 10. The summed E-state index contributed by atoms with van der Waals surface area (Å²) in [5.74, 6) is -8.98. The number of carbonyl (C=O) groups excluding carboxylic acids is 1. The first-order chi connectivity index (χ1) is 14.0. The lowest BCUT2D eigenvalue weighted by Gasteiger charge is -2.26. The van der Waals surface area contributed by atoms with Gasteiger partial charge in [-0.1, -0.05) is 33.8 Å². The van der Waals surface area contributed by atoms with E-state index < -0.39 is 53.3 Å². The average Bonchev–Trinajstić information content (AvgIpc) is 2.67. The van der Waals surface area contributed by atoms with Crippen molar-refractivity contribution in [3.8, 4) is 0 Å². The molecule has 7 nitrogen and oxygen atoms in total. The van der Waals surface area contributed by atoms with Gasteiger partial charge in [0.15, 0.2) is 0 Å². The van der Waals surface area contributed by atoms with E-state index in [0.717, 1.165) is 6.07 Å². The Balaban J connectivity index is 4.13. The Morgan fingerprint density at radius 3 is 1.35 bits per heavy atom. The molecule has 31 heavy (non-hydrogen) atoms. The number of benzene rings is 1. The van der Waals surface area contributed by atoms with Crippen molar-refractivity contribution in [1.29, 1.82) is 0 Å². The Kier molecular flexibility index (Phi) is 8.36. The van der Waals surface area contributed by atoms with Crippen LogP contribution in [0.1, 0.15) is 38.1 Å². The van der Waals surface area contributed by atoms with E-state index >= 15 is 0 Å². The van der Waals surface area contributed by atoms with Crippen LogP contribution in [0.3, 0.4) is 0 Å². The lowest BCUT2D eigenvalue weighted by atomic mass is 10.0. The molecule has 0 amide bonds. The van der Waals surface area contributed by atoms with Crippen LogP contribution in [-0.4, -0.2) is 69.5 Å². The summed E-state index contributed by atoms with van der Waals surface area (Å²) < 4.78 is 120. The maximum Gasteiger partial charge on any atom is 0.461 e. The number of Topliss-reactive ketones (excluding diaryl/α,β-unsaturated/α-hetero) is 1. The zero-order valence-corrected chi connectivity index (χ0v) is 18.8. The third-order valence-electron chi connectivity index (χ3n) is 4.50. The molecule has 0 aromatic heterocycles. The van der Waals surface area contributed by atoms with Crippen molar-refractivity contribution in [1.82, 2.24) is 8.61 Å². The molecule has 0 atom stereocenters. The second kappa shape index (κ2) is 9.46. The normalized spacial score (nSPS) is 13.8. The summed E-state index contributed by atoms with van der Waals surface area (Å²) >= 11 is 0. The summed E-state index contributed by atoms with van der Waals surface area (Å²) in [5, 5.41) is 0. The number of hydrogen-bond donors (Lipinski definition) is 0. The van der Waals surface area contributed by atoms with Crippen LogP contribution in [-0.2, 0) is 20.0 Å². The molecule has 0 bridgehead atoms. The molecule has 0 radical (unpaired) electrons. The minimum atomic E-state index is -6.37. The van der Waals surface area contributed by atoms with Gasteiger partial charge in [0.25, 0.3) is 0 Å². The van der Waals surface area contributed by atoms with Gasteiger partial charge >= 0.3 is 12.1 Å². The summed E-state index contributed by atoms with van der Waals surface area (Å²) in [6.07, 6.45) is -6.37. The van der Waals surface area contributed by atoms with Crippen molar-refractivity contribution in [3.63, 3.8) is 0 Å². The van der Waals surface area contributed by atoms with Gasteiger partial charge in [-0.15, -0.1) is 0 Å². The number of halogens is 5. The van der Waals surface area contributed by atoms with Gasteiger partial charge in [0.1, 0.15) is 0 Å². The third kappa shape index (κ3) is 4.91. The molecule has 1 aromatic carbocycles. The third-order valence-corrected chi connectivity index (χ3v) is 8.69. The molecular weight excluding hydrogens is 471 g/mol. The fourth-order valence-corrected chi connectivity index (χ4v) is 6.26. The first kappa shape index (κ1) is 27.4. The number of nitrogens with zero attached hydrogens (tertiary/aromatic N) is 2. The summed E-state index contributed by atoms with van der Waals surface area (Å²) in [6.45, 7) is 4.72. The highest BCUT2D eigenvalue weighted by Crippen LogP contribution is 2.41.